The first kappa shape index (κ1) is 91.1. The summed E-state index contributed by atoms with van der Waals surface area (Å²) in [6.45, 7) is 12.0. The van der Waals surface area contributed by atoms with Gasteiger partial charge in [0.05, 0.1) is 38.1 Å². The Labute approximate surface area is 588 Å². The van der Waals surface area contributed by atoms with Gasteiger partial charge in [-0.25, -0.2) is 0 Å². The van der Waals surface area contributed by atoms with Gasteiger partial charge < -0.3 is 106 Å². The van der Waals surface area contributed by atoms with Crippen LogP contribution in [0.5, 0.6) is 0 Å². The van der Waals surface area contributed by atoms with Gasteiger partial charge in [0, 0.05) is 116 Å². The topological polar surface area (TPSA) is 426 Å². The highest BCUT2D eigenvalue weighted by atomic mass is 16.7. The van der Waals surface area contributed by atoms with E-state index in [1.54, 1.807) is 21.0 Å². The molecule has 578 valence electrons. The fourth-order valence-corrected chi connectivity index (χ4v) is 11.8. The van der Waals surface area contributed by atoms with Gasteiger partial charge in [-0.1, -0.05) is 86.0 Å². The fraction of sp³-hybridized carbons (Fsp3) is 0.901. The number of hydrogen-bond donors (Lipinski definition) is 14. The van der Waals surface area contributed by atoms with Crippen LogP contribution >= 0.6 is 0 Å². The van der Waals surface area contributed by atoms with Gasteiger partial charge in [0.2, 0.25) is 29.5 Å². The second-order valence-electron chi connectivity index (χ2n) is 27.7. The molecule has 17 atom stereocenters. The molecule has 3 aliphatic heterocycles. The number of nitrogens with one attached hydrogen (secondary N) is 5. The summed E-state index contributed by atoms with van der Waals surface area (Å²) in [7, 11) is 1.69. The van der Waals surface area contributed by atoms with Gasteiger partial charge in [0.15, 0.2) is 24.7 Å². The summed E-state index contributed by atoms with van der Waals surface area (Å²) < 4.78 is 39.4. The number of Topliss-reactive ketones (excluding diaryl/α,β-unsaturated/α-hetero) is 2. The van der Waals surface area contributed by atoms with Gasteiger partial charge in [-0.15, -0.1) is 0 Å². The van der Waals surface area contributed by atoms with Crippen LogP contribution in [0, 0.1) is 23.7 Å². The van der Waals surface area contributed by atoms with Crippen molar-refractivity contribution in [2.24, 2.45) is 23.7 Å². The SMILES string of the molecule is CC(C)C.COCCCCCCCC(=O)CCCCCNC(=O)C(CCCCNC(=O)CCCCCO[C@@H]1OC(CO)[C@H](O)[C@H](O)C1NC(C)=O)CC(=O)C(CCCCNC(=O)CCCCCO[C@@H]1OC(CO)[C@H](O)[C@H](O)C1C)NC(=O)CCCCCO[C@@H]1OC(CO)[C@H](O)[C@H](O)C1C. The molecule has 0 radical (unpaired) electrons. The highest BCUT2D eigenvalue weighted by Gasteiger charge is 2.46. The number of carbonyl (C=O) groups is 7. The molecule has 14 N–H and O–H groups in total. The molecule has 0 aromatic heterocycles. The highest BCUT2D eigenvalue weighted by Crippen LogP contribution is 2.29. The largest absolute Gasteiger partial charge is 0.394 e. The zero-order chi connectivity index (χ0) is 73.5. The molecule has 99 heavy (non-hydrogen) atoms. The predicted molar refractivity (Wildman–Crippen MR) is 368 cm³/mol. The quantitative estimate of drug-likeness (QED) is 0.0388. The van der Waals surface area contributed by atoms with Crippen LogP contribution in [0.1, 0.15) is 228 Å². The standard InChI is InChI=1S/C67H121N5O23.C4H10/c1-44-58(82)60(84)51(41-73)93-65(44)90-37-23-9-14-30-55(80)69-34-21-18-29-49(72-56(81)32-16-11-24-38-91-66-45(2)59(83)61(85)52(42-74)94-66)50(78)40-47(64(88)70-35-19-8-13-28-48(77)27-12-6-5-7-22-36-89-4)26-17-20-33-68-54(79)31-15-10-25-39-92-67-57(71-46(3)76)63(87)62(86)53(43-75)95-67;1-4(2)3/h44-45,47,49,51-53,57-63,65-67,73-75,82-87H,5-43H2,1-4H3,(H,68,79)(H,69,80)(H,70,88)(H,71,76)(H,72,81);4H,1-3H3/t44?,45?,47?,49?,51?,52?,53?,57?,58-,59-,60+,61+,62+,63-,65-,66-,67-;/m1./s1. The summed E-state index contributed by atoms with van der Waals surface area (Å²) in [6, 6.07) is -1.99. The molecule has 5 amide bonds. The maximum atomic E-state index is 14.4. The lowest BCUT2D eigenvalue weighted by molar-refractivity contribution is -0.282. The number of hydrogen-bond acceptors (Lipinski definition) is 23. The highest BCUT2D eigenvalue weighted by molar-refractivity contribution is 5.92. The van der Waals surface area contributed by atoms with Gasteiger partial charge in [0.1, 0.15) is 54.6 Å². The second kappa shape index (κ2) is 54.7. The van der Waals surface area contributed by atoms with Crippen LogP contribution in [-0.2, 0) is 66.7 Å². The molecule has 3 rings (SSSR count). The molecule has 3 saturated heterocycles. The second-order valence-corrected chi connectivity index (χ2v) is 27.7. The van der Waals surface area contributed by atoms with Gasteiger partial charge >= 0.3 is 0 Å². The molecule has 3 fully saturated rings. The van der Waals surface area contributed by atoms with Gasteiger partial charge in [0.25, 0.3) is 0 Å². The third-order valence-electron chi connectivity index (χ3n) is 17.9. The van der Waals surface area contributed by atoms with E-state index in [0.29, 0.717) is 142 Å². The molecule has 0 saturated carbocycles. The maximum absolute atomic E-state index is 14.4. The van der Waals surface area contributed by atoms with Crippen molar-refractivity contribution in [3.8, 4) is 0 Å². The van der Waals surface area contributed by atoms with Crippen molar-refractivity contribution in [3.63, 3.8) is 0 Å². The van der Waals surface area contributed by atoms with E-state index in [-0.39, 0.29) is 80.5 Å². The third kappa shape index (κ3) is 38.9. The summed E-state index contributed by atoms with van der Waals surface area (Å²) in [5, 5.41) is 105. The number of aliphatic hydroxyl groups excluding tert-OH is 9. The zero-order valence-corrected chi connectivity index (χ0v) is 60.7. The molecule has 3 heterocycles. The number of ether oxygens (including phenoxy) is 7. The number of carbonyl (C=O) groups excluding carboxylic acids is 7. The fourth-order valence-electron chi connectivity index (χ4n) is 11.8. The Hall–Kier alpha value is -3.95. The lowest BCUT2D eigenvalue weighted by atomic mass is 9.91. The van der Waals surface area contributed by atoms with Crippen molar-refractivity contribution in [1.82, 2.24) is 26.6 Å². The van der Waals surface area contributed by atoms with Crippen LogP contribution in [0.2, 0.25) is 0 Å². The molecule has 28 nitrogen and oxygen atoms in total. The first-order valence-corrected chi connectivity index (χ1v) is 37.0. The van der Waals surface area contributed by atoms with Crippen LogP contribution in [0.15, 0.2) is 0 Å². The zero-order valence-electron chi connectivity index (χ0n) is 60.7. The molecule has 3 aliphatic rings. The van der Waals surface area contributed by atoms with E-state index in [0.717, 1.165) is 51.0 Å². The average molecular weight is 1420 g/mol. The first-order valence-electron chi connectivity index (χ1n) is 37.0. The Morgan fingerprint density at radius 3 is 1.28 bits per heavy atom. The minimum absolute atomic E-state index is 0.0949. The van der Waals surface area contributed by atoms with E-state index in [4.69, 9.17) is 33.2 Å². The van der Waals surface area contributed by atoms with E-state index in [2.05, 4.69) is 47.4 Å². The van der Waals surface area contributed by atoms with Crippen molar-refractivity contribution in [2.45, 2.75) is 314 Å². The summed E-state index contributed by atoms with van der Waals surface area (Å²) in [5.74, 6) is -2.53. The monoisotopic (exact) mass is 1420 g/mol. The van der Waals surface area contributed by atoms with Crippen molar-refractivity contribution in [3.05, 3.63) is 0 Å². The molecular weight excluding hydrogens is 1290 g/mol. The van der Waals surface area contributed by atoms with E-state index >= 15 is 0 Å². The predicted octanol–water partition coefficient (Wildman–Crippen LogP) is 3.34. The number of methoxy groups -OCH3 is 1. The lowest BCUT2D eigenvalue weighted by Gasteiger charge is -2.42. The third-order valence-corrected chi connectivity index (χ3v) is 17.9. The smallest absolute Gasteiger partial charge is 0.223 e. The van der Waals surface area contributed by atoms with Crippen LogP contribution in [0.4, 0.5) is 0 Å². The van der Waals surface area contributed by atoms with Crippen LogP contribution in [0.25, 0.3) is 0 Å². The maximum Gasteiger partial charge on any atom is 0.223 e. The molecule has 0 bridgehead atoms. The van der Waals surface area contributed by atoms with Crippen LogP contribution in [0.3, 0.4) is 0 Å². The number of aliphatic hydroxyl groups is 9. The van der Waals surface area contributed by atoms with E-state index in [1.165, 1.54) is 6.92 Å². The summed E-state index contributed by atoms with van der Waals surface area (Å²) in [5.41, 5.74) is 0. The van der Waals surface area contributed by atoms with Crippen molar-refractivity contribution in [1.29, 1.82) is 0 Å². The molecule has 8 unspecified atom stereocenters. The van der Waals surface area contributed by atoms with Gasteiger partial charge in [-0.2, -0.15) is 0 Å². The molecule has 0 aromatic carbocycles. The summed E-state index contributed by atoms with van der Waals surface area (Å²) >= 11 is 0. The van der Waals surface area contributed by atoms with Gasteiger partial charge in [-0.05, 0) is 102 Å². The number of rotatable bonds is 54. The van der Waals surface area contributed by atoms with Crippen LogP contribution in [-0.4, -0.2) is 246 Å². The van der Waals surface area contributed by atoms with E-state index in [1.807, 2.05) is 0 Å². The number of unbranched alkanes of at least 4 members (excludes halogenated alkanes) is 14. The molecule has 28 heteroatoms. The van der Waals surface area contributed by atoms with E-state index in [9.17, 15) is 79.5 Å². The molecular formula is C71H131N5O23. The number of amides is 5. The Kier molecular flexibility index (Phi) is 50.3. The Morgan fingerprint density at radius 1 is 0.434 bits per heavy atom. The average Bonchev–Trinajstić information content (AvgIpc) is 0.834. The Bertz CT molecular complexity index is 2180. The number of ketones is 2. The summed E-state index contributed by atoms with van der Waals surface area (Å²) in [4.78, 5) is 92.0. The van der Waals surface area contributed by atoms with Crippen molar-refractivity contribution >= 4 is 41.1 Å². The van der Waals surface area contributed by atoms with E-state index < -0.39 is 129 Å². The van der Waals surface area contributed by atoms with Crippen molar-refractivity contribution < 1.29 is 113 Å². The molecule has 0 aliphatic carbocycles. The molecule has 0 spiro atoms. The van der Waals surface area contributed by atoms with Crippen molar-refractivity contribution in [2.75, 3.05) is 73.0 Å². The first-order chi connectivity index (χ1) is 47.4. The van der Waals surface area contributed by atoms with Gasteiger partial charge in [-0.3, -0.25) is 33.6 Å². The minimum atomic E-state index is -1.43. The summed E-state index contributed by atoms with van der Waals surface area (Å²) in [6.07, 6.45) is 2.75. The lowest BCUT2D eigenvalue weighted by Crippen LogP contribution is -2.64. The van der Waals surface area contributed by atoms with Crippen LogP contribution < -0.4 is 26.6 Å². The minimum Gasteiger partial charge on any atom is -0.394 e. The molecule has 0 aromatic rings. The normalized spacial score (nSPS) is 26.0. The Balaban J connectivity index is 0.00000809. The Morgan fingerprint density at radius 2 is 0.808 bits per heavy atom.